The average molecular weight is 341 g/mol. The quantitative estimate of drug-likeness (QED) is 0.512. The minimum absolute atomic E-state index is 0.637. The van der Waals surface area contributed by atoms with Gasteiger partial charge in [0.25, 0.3) is 0 Å². The van der Waals surface area contributed by atoms with Gasteiger partial charge in [0.15, 0.2) is 0 Å². The molecule has 0 atom stereocenters. The summed E-state index contributed by atoms with van der Waals surface area (Å²) in [6.07, 6.45) is 0.922. The number of hydrogen-bond acceptors (Lipinski definition) is 4. The predicted octanol–water partition coefficient (Wildman–Crippen LogP) is 2.94. The summed E-state index contributed by atoms with van der Waals surface area (Å²) in [7, 11) is 3.39. The Balaban J connectivity index is 2.90. The van der Waals surface area contributed by atoms with Crippen LogP contribution in [-0.4, -0.2) is 40.5 Å². The van der Waals surface area contributed by atoms with E-state index in [2.05, 4.69) is 26.9 Å². The van der Waals surface area contributed by atoms with Gasteiger partial charge in [0, 0.05) is 39.2 Å². The molecule has 0 aliphatic heterocycles. The molecule has 0 saturated heterocycles. The summed E-state index contributed by atoms with van der Waals surface area (Å²) in [6, 6.07) is 8.27. The molecule has 0 heterocycles. The molecule has 0 aliphatic rings. The SMILES string of the molecule is COCCCN(CCOC)c1ccc(CBr)cc1C#N. The monoisotopic (exact) mass is 340 g/mol. The van der Waals surface area contributed by atoms with Crippen LogP contribution in [0.25, 0.3) is 0 Å². The first kappa shape index (κ1) is 17.0. The van der Waals surface area contributed by atoms with E-state index in [9.17, 15) is 5.26 Å². The molecule has 1 aromatic carbocycles. The summed E-state index contributed by atoms with van der Waals surface area (Å²) < 4.78 is 10.3. The lowest BCUT2D eigenvalue weighted by atomic mass is 10.1. The van der Waals surface area contributed by atoms with Crippen LogP contribution in [0.2, 0.25) is 0 Å². The number of nitrogens with zero attached hydrogens (tertiary/aromatic N) is 2. The largest absolute Gasteiger partial charge is 0.385 e. The zero-order valence-electron chi connectivity index (χ0n) is 12.1. The molecule has 5 heteroatoms. The lowest BCUT2D eigenvalue weighted by Crippen LogP contribution is -2.29. The van der Waals surface area contributed by atoms with Gasteiger partial charge in [0.1, 0.15) is 6.07 Å². The van der Waals surface area contributed by atoms with Gasteiger partial charge < -0.3 is 14.4 Å². The van der Waals surface area contributed by atoms with Gasteiger partial charge in [-0.3, -0.25) is 0 Å². The van der Waals surface area contributed by atoms with Gasteiger partial charge in [-0.05, 0) is 24.1 Å². The van der Waals surface area contributed by atoms with Crippen LogP contribution in [0.4, 0.5) is 5.69 Å². The van der Waals surface area contributed by atoms with Gasteiger partial charge in [0.2, 0.25) is 0 Å². The summed E-state index contributed by atoms with van der Waals surface area (Å²) in [5.74, 6) is 0. The number of hydrogen-bond donors (Lipinski definition) is 0. The second kappa shape index (κ2) is 9.76. The number of nitriles is 1. The Hall–Kier alpha value is -1.09. The zero-order chi connectivity index (χ0) is 14.8. The smallest absolute Gasteiger partial charge is 0.101 e. The summed E-state index contributed by atoms with van der Waals surface area (Å²) >= 11 is 3.42. The Labute approximate surface area is 129 Å². The highest BCUT2D eigenvalue weighted by Crippen LogP contribution is 2.22. The van der Waals surface area contributed by atoms with E-state index in [1.54, 1.807) is 14.2 Å². The van der Waals surface area contributed by atoms with E-state index in [1.807, 2.05) is 18.2 Å². The molecule has 0 bridgehead atoms. The average Bonchev–Trinajstić information content (AvgIpc) is 2.50. The number of benzene rings is 1. The standard InChI is InChI=1S/C15H21BrN2O2/c1-19-8-3-6-18(7-9-20-2)15-5-4-13(11-16)10-14(15)12-17/h4-5,10H,3,6-9,11H2,1-2H3. The van der Waals surface area contributed by atoms with E-state index in [-0.39, 0.29) is 0 Å². The summed E-state index contributed by atoms with van der Waals surface area (Å²) in [4.78, 5) is 2.18. The number of methoxy groups -OCH3 is 2. The third-order valence-corrected chi connectivity index (χ3v) is 3.67. The van der Waals surface area contributed by atoms with E-state index in [4.69, 9.17) is 9.47 Å². The van der Waals surface area contributed by atoms with Crippen molar-refractivity contribution in [2.24, 2.45) is 0 Å². The Morgan fingerprint density at radius 2 is 1.95 bits per heavy atom. The molecule has 110 valence electrons. The number of rotatable bonds is 9. The second-order valence-corrected chi connectivity index (χ2v) is 4.98. The van der Waals surface area contributed by atoms with Crippen LogP contribution in [0, 0.1) is 11.3 Å². The molecule has 4 nitrogen and oxygen atoms in total. The first-order valence-corrected chi connectivity index (χ1v) is 7.70. The number of alkyl halides is 1. The fraction of sp³-hybridized carbons (Fsp3) is 0.533. The molecular formula is C15H21BrN2O2. The Bertz CT molecular complexity index is 446. The van der Waals surface area contributed by atoms with Crippen molar-refractivity contribution in [2.45, 2.75) is 11.8 Å². The molecule has 0 aliphatic carbocycles. The summed E-state index contributed by atoms with van der Waals surface area (Å²) in [5.41, 5.74) is 2.77. The maximum atomic E-state index is 9.34. The maximum absolute atomic E-state index is 9.34. The van der Waals surface area contributed by atoms with Crippen molar-refractivity contribution in [3.8, 4) is 6.07 Å². The second-order valence-electron chi connectivity index (χ2n) is 4.42. The summed E-state index contributed by atoms with van der Waals surface area (Å²) in [5, 5.41) is 10.1. The van der Waals surface area contributed by atoms with Crippen molar-refractivity contribution in [3.05, 3.63) is 29.3 Å². The third kappa shape index (κ3) is 5.12. The third-order valence-electron chi connectivity index (χ3n) is 3.02. The zero-order valence-corrected chi connectivity index (χ0v) is 13.6. The van der Waals surface area contributed by atoms with Crippen LogP contribution in [0.15, 0.2) is 18.2 Å². The topological polar surface area (TPSA) is 45.5 Å². The van der Waals surface area contributed by atoms with Crippen LogP contribution in [0.3, 0.4) is 0 Å². The first-order chi connectivity index (χ1) is 9.76. The van der Waals surface area contributed by atoms with Gasteiger partial charge in [0.05, 0.1) is 17.9 Å². The highest BCUT2D eigenvalue weighted by atomic mass is 79.9. The minimum Gasteiger partial charge on any atom is -0.385 e. The highest BCUT2D eigenvalue weighted by molar-refractivity contribution is 9.08. The number of ether oxygens (including phenoxy) is 2. The van der Waals surface area contributed by atoms with Crippen molar-refractivity contribution >= 4 is 21.6 Å². The van der Waals surface area contributed by atoms with E-state index in [0.29, 0.717) is 18.8 Å². The molecule has 1 aromatic rings. The molecular weight excluding hydrogens is 320 g/mol. The van der Waals surface area contributed by atoms with Gasteiger partial charge in [-0.2, -0.15) is 5.26 Å². The lowest BCUT2D eigenvalue weighted by molar-refractivity contribution is 0.191. The van der Waals surface area contributed by atoms with Crippen LogP contribution in [0.1, 0.15) is 17.5 Å². The van der Waals surface area contributed by atoms with Gasteiger partial charge in [-0.1, -0.05) is 22.0 Å². The molecule has 0 aromatic heterocycles. The number of halogens is 1. The van der Waals surface area contributed by atoms with Gasteiger partial charge in [-0.25, -0.2) is 0 Å². The molecule has 1 rings (SSSR count). The molecule has 0 unspecified atom stereocenters. The maximum Gasteiger partial charge on any atom is 0.101 e. The molecule has 0 fully saturated rings. The van der Waals surface area contributed by atoms with Crippen molar-refractivity contribution in [3.63, 3.8) is 0 Å². The fourth-order valence-electron chi connectivity index (χ4n) is 1.99. The Kier molecular flexibility index (Phi) is 8.28. The molecule has 0 radical (unpaired) electrons. The van der Waals surface area contributed by atoms with Gasteiger partial charge >= 0.3 is 0 Å². The minimum atomic E-state index is 0.637. The normalized spacial score (nSPS) is 10.3. The summed E-state index contributed by atoms with van der Waals surface area (Å²) in [6.45, 7) is 2.96. The fourth-order valence-corrected chi connectivity index (χ4v) is 2.33. The lowest BCUT2D eigenvalue weighted by Gasteiger charge is -2.25. The predicted molar refractivity (Wildman–Crippen MR) is 84.4 cm³/mol. The first-order valence-electron chi connectivity index (χ1n) is 6.58. The van der Waals surface area contributed by atoms with Crippen LogP contribution in [-0.2, 0) is 14.8 Å². The van der Waals surface area contributed by atoms with E-state index in [1.165, 1.54) is 0 Å². The molecule has 0 amide bonds. The Morgan fingerprint density at radius 1 is 1.20 bits per heavy atom. The van der Waals surface area contributed by atoms with Crippen molar-refractivity contribution < 1.29 is 9.47 Å². The van der Waals surface area contributed by atoms with Crippen molar-refractivity contribution in [2.75, 3.05) is 45.4 Å². The van der Waals surface area contributed by atoms with Crippen molar-refractivity contribution in [1.29, 1.82) is 5.26 Å². The highest BCUT2D eigenvalue weighted by Gasteiger charge is 2.11. The van der Waals surface area contributed by atoms with Crippen LogP contribution < -0.4 is 4.90 Å². The van der Waals surface area contributed by atoms with Crippen LogP contribution >= 0.6 is 15.9 Å². The Morgan fingerprint density at radius 3 is 2.55 bits per heavy atom. The molecule has 0 N–H and O–H groups in total. The van der Waals surface area contributed by atoms with Crippen LogP contribution in [0.5, 0.6) is 0 Å². The molecule has 0 saturated carbocycles. The molecule has 20 heavy (non-hydrogen) atoms. The van der Waals surface area contributed by atoms with E-state index < -0.39 is 0 Å². The van der Waals surface area contributed by atoms with Crippen molar-refractivity contribution in [1.82, 2.24) is 0 Å². The number of anilines is 1. The van der Waals surface area contributed by atoms with E-state index >= 15 is 0 Å². The van der Waals surface area contributed by atoms with E-state index in [0.717, 1.165) is 36.1 Å². The molecule has 0 spiro atoms. The van der Waals surface area contributed by atoms with Gasteiger partial charge in [-0.15, -0.1) is 0 Å².